The number of imidazole rings is 1. The summed E-state index contributed by atoms with van der Waals surface area (Å²) in [6, 6.07) is 0. The van der Waals surface area contributed by atoms with Gasteiger partial charge in [0.1, 0.15) is 11.1 Å². The molecule has 3 rings (SSSR count). The lowest BCUT2D eigenvalue weighted by Gasteiger charge is -2.22. The number of nitrogens with zero attached hydrogens (tertiary/aromatic N) is 4. The molecule has 0 radical (unpaired) electrons. The molecule has 0 aromatic carbocycles. The zero-order chi connectivity index (χ0) is 14.0. The molecule has 0 unspecified atom stereocenters. The van der Waals surface area contributed by atoms with Crippen molar-refractivity contribution in [3.63, 3.8) is 0 Å². The summed E-state index contributed by atoms with van der Waals surface area (Å²) in [7, 11) is 1.62. The van der Waals surface area contributed by atoms with E-state index in [2.05, 4.69) is 10.1 Å². The van der Waals surface area contributed by atoms with Crippen molar-refractivity contribution in [1.29, 1.82) is 0 Å². The van der Waals surface area contributed by atoms with Crippen molar-refractivity contribution in [2.24, 2.45) is 7.05 Å². The number of aryl methyl sites for hydroxylation is 2. The molecule has 8 heteroatoms. The van der Waals surface area contributed by atoms with Crippen molar-refractivity contribution >= 4 is 17.1 Å². The van der Waals surface area contributed by atoms with E-state index in [-0.39, 0.29) is 18.8 Å². The highest BCUT2D eigenvalue weighted by atomic mass is 19.4. The molecule has 1 aliphatic rings. The third-order valence-corrected chi connectivity index (χ3v) is 3.74. The molecular weight excluding hydrogens is 259 g/mol. The Morgan fingerprint density at radius 2 is 2.00 bits per heavy atom. The number of hydrogen-bond donors (Lipinski definition) is 1. The largest absolute Gasteiger partial charge is 0.412 e. The van der Waals surface area contributed by atoms with E-state index in [9.17, 15) is 13.2 Å². The number of alkyl halides is 3. The first-order chi connectivity index (χ1) is 8.82. The molecule has 2 aromatic rings. The molecule has 19 heavy (non-hydrogen) atoms. The second-order valence-electron chi connectivity index (χ2n) is 4.93. The van der Waals surface area contributed by atoms with Gasteiger partial charge in [0.25, 0.3) is 0 Å². The van der Waals surface area contributed by atoms with Crippen LogP contribution >= 0.6 is 0 Å². The lowest BCUT2D eigenvalue weighted by atomic mass is 10.2. The normalized spacial score (nSPS) is 18.2. The first kappa shape index (κ1) is 12.3. The summed E-state index contributed by atoms with van der Waals surface area (Å²) in [5, 5.41) is 4.20. The number of fused-ring (bicyclic) bond motifs is 1. The highest BCUT2D eigenvalue weighted by molar-refractivity contribution is 5.78. The SMILES string of the molecule is CCc1nn(C)c2c1nc(N)n2C1(C(F)(F)F)CC1. The molecule has 2 N–H and O–H groups in total. The molecule has 0 aliphatic heterocycles. The summed E-state index contributed by atoms with van der Waals surface area (Å²) in [6.45, 7) is 1.88. The molecule has 5 nitrogen and oxygen atoms in total. The first-order valence-corrected chi connectivity index (χ1v) is 6.09. The summed E-state index contributed by atoms with van der Waals surface area (Å²) >= 11 is 0. The number of aromatic nitrogens is 4. The van der Waals surface area contributed by atoms with Gasteiger partial charge in [-0.3, -0.25) is 9.25 Å². The maximum Gasteiger partial charge on any atom is 0.412 e. The number of hydrogen-bond acceptors (Lipinski definition) is 3. The minimum atomic E-state index is -4.33. The van der Waals surface area contributed by atoms with Crippen LogP contribution in [0.15, 0.2) is 0 Å². The van der Waals surface area contributed by atoms with Crippen molar-refractivity contribution in [2.45, 2.75) is 37.9 Å². The maximum atomic E-state index is 13.3. The molecule has 0 bridgehead atoms. The molecule has 104 valence electrons. The second kappa shape index (κ2) is 3.43. The van der Waals surface area contributed by atoms with Gasteiger partial charge in [0, 0.05) is 7.05 Å². The molecule has 1 aliphatic carbocycles. The molecule has 0 amide bonds. The number of nitrogens with two attached hydrogens (primary N) is 1. The fourth-order valence-electron chi connectivity index (χ4n) is 2.61. The van der Waals surface area contributed by atoms with Crippen LogP contribution < -0.4 is 5.73 Å². The molecule has 0 spiro atoms. The Bertz CT molecular complexity index is 647. The average molecular weight is 273 g/mol. The second-order valence-corrected chi connectivity index (χ2v) is 4.93. The number of anilines is 1. The minimum absolute atomic E-state index is 0.0405. The molecule has 1 saturated carbocycles. The minimum Gasteiger partial charge on any atom is -0.369 e. The van der Waals surface area contributed by atoms with Crippen LogP contribution in [0.4, 0.5) is 19.1 Å². The Morgan fingerprint density at radius 3 is 2.47 bits per heavy atom. The van der Waals surface area contributed by atoms with Gasteiger partial charge in [-0.2, -0.15) is 18.3 Å². The van der Waals surface area contributed by atoms with Gasteiger partial charge in [-0.1, -0.05) is 6.92 Å². The van der Waals surface area contributed by atoms with Gasteiger partial charge in [0.05, 0.1) is 5.69 Å². The van der Waals surface area contributed by atoms with E-state index in [1.54, 1.807) is 7.05 Å². The third-order valence-electron chi connectivity index (χ3n) is 3.74. The molecule has 2 aromatic heterocycles. The van der Waals surface area contributed by atoms with Crippen molar-refractivity contribution < 1.29 is 13.2 Å². The highest BCUT2D eigenvalue weighted by Crippen LogP contribution is 2.57. The highest BCUT2D eigenvalue weighted by Gasteiger charge is 2.66. The summed E-state index contributed by atoms with van der Waals surface area (Å²) in [4.78, 5) is 4.08. The Hall–Kier alpha value is -1.73. The number of rotatable bonds is 2. The molecular formula is C11H14F3N5. The number of nitrogen functional groups attached to an aromatic ring is 1. The van der Waals surface area contributed by atoms with E-state index in [1.165, 1.54) is 4.68 Å². The molecule has 0 saturated heterocycles. The van der Waals surface area contributed by atoms with Gasteiger partial charge in [0.2, 0.25) is 5.95 Å². The van der Waals surface area contributed by atoms with Crippen LogP contribution in [-0.2, 0) is 19.0 Å². The third kappa shape index (κ3) is 1.42. The predicted molar refractivity (Wildman–Crippen MR) is 63.6 cm³/mol. The fourth-order valence-corrected chi connectivity index (χ4v) is 2.61. The van der Waals surface area contributed by atoms with E-state index in [0.29, 0.717) is 23.3 Å². The van der Waals surface area contributed by atoms with Crippen LogP contribution in [0.2, 0.25) is 0 Å². The smallest absolute Gasteiger partial charge is 0.369 e. The molecule has 0 atom stereocenters. The van der Waals surface area contributed by atoms with Crippen LogP contribution in [-0.4, -0.2) is 25.5 Å². The summed E-state index contributed by atoms with van der Waals surface area (Å²) in [6.07, 6.45) is -3.64. The van der Waals surface area contributed by atoms with Crippen molar-refractivity contribution in [3.05, 3.63) is 5.69 Å². The van der Waals surface area contributed by atoms with Crippen molar-refractivity contribution in [2.75, 3.05) is 5.73 Å². The topological polar surface area (TPSA) is 61.7 Å². The van der Waals surface area contributed by atoms with Crippen LogP contribution in [0.5, 0.6) is 0 Å². The maximum absolute atomic E-state index is 13.3. The van der Waals surface area contributed by atoms with E-state index in [4.69, 9.17) is 5.73 Å². The molecule has 2 heterocycles. The lowest BCUT2D eigenvalue weighted by Crippen LogP contribution is -2.36. The number of halogens is 3. The van der Waals surface area contributed by atoms with Gasteiger partial charge in [-0.05, 0) is 19.3 Å². The van der Waals surface area contributed by atoms with Gasteiger partial charge in [-0.15, -0.1) is 0 Å². The quantitative estimate of drug-likeness (QED) is 0.910. The standard InChI is InChI=1S/C11H14F3N5/c1-3-6-7-8(18(2)17-6)19(9(15)16-7)10(4-5-10)11(12,13)14/h3-5H2,1-2H3,(H2,15,16). The Balaban J connectivity index is 2.31. The van der Waals surface area contributed by atoms with Crippen LogP contribution in [0.1, 0.15) is 25.5 Å². The predicted octanol–water partition coefficient (Wildman–Crippen LogP) is 1.97. The Morgan fingerprint density at radius 1 is 1.37 bits per heavy atom. The van der Waals surface area contributed by atoms with E-state index < -0.39 is 11.7 Å². The lowest BCUT2D eigenvalue weighted by molar-refractivity contribution is -0.178. The van der Waals surface area contributed by atoms with E-state index in [1.807, 2.05) is 6.92 Å². The monoisotopic (exact) mass is 273 g/mol. The zero-order valence-corrected chi connectivity index (χ0v) is 10.6. The first-order valence-electron chi connectivity index (χ1n) is 6.09. The van der Waals surface area contributed by atoms with Crippen LogP contribution in [0, 0.1) is 0 Å². The Kier molecular flexibility index (Phi) is 2.22. The Labute approximate surface area is 107 Å². The van der Waals surface area contributed by atoms with E-state index in [0.717, 1.165) is 4.57 Å². The van der Waals surface area contributed by atoms with Gasteiger partial charge < -0.3 is 5.73 Å². The summed E-state index contributed by atoms with van der Waals surface area (Å²) < 4.78 is 42.3. The van der Waals surface area contributed by atoms with Crippen molar-refractivity contribution in [3.8, 4) is 0 Å². The summed E-state index contributed by atoms with van der Waals surface area (Å²) in [5.41, 5.74) is 5.31. The molecule has 1 fully saturated rings. The average Bonchev–Trinajstić information content (AvgIpc) is 2.97. The van der Waals surface area contributed by atoms with Crippen LogP contribution in [0.25, 0.3) is 11.2 Å². The fraction of sp³-hybridized carbons (Fsp3) is 0.636. The van der Waals surface area contributed by atoms with Gasteiger partial charge in [0.15, 0.2) is 5.65 Å². The zero-order valence-electron chi connectivity index (χ0n) is 10.6. The van der Waals surface area contributed by atoms with E-state index >= 15 is 0 Å². The van der Waals surface area contributed by atoms with Gasteiger partial charge >= 0.3 is 6.18 Å². The summed E-state index contributed by atoms with van der Waals surface area (Å²) in [5.74, 6) is -0.0903. The van der Waals surface area contributed by atoms with Crippen molar-refractivity contribution in [1.82, 2.24) is 19.3 Å². The van der Waals surface area contributed by atoms with Crippen LogP contribution in [0.3, 0.4) is 0 Å². The van der Waals surface area contributed by atoms with Gasteiger partial charge in [-0.25, -0.2) is 4.98 Å².